The van der Waals surface area contributed by atoms with E-state index in [4.69, 9.17) is 21.7 Å². The Bertz CT molecular complexity index is 1160. The first-order valence-electron chi connectivity index (χ1n) is 10.4. The van der Waals surface area contributed by atoms with Gasteiger partial charge in [-0.3, -0.25) is 9.53 Å². The number of hydrogen-bond acceptors (Lipinski definition) is 6. The Kier molecular flexibility index (Phi) is 8.19. The molecule has 196 valence electrons. The molecule has 0 spiro atoms. The van der Waals surface area contributed by atoms with Gasteiger partial charge in [0, 0.05) is 31.1 Å². The number of carbonyl (C=O) groups is 1. The molecule has 0 bridgehead atoms. The van der Waals surface area contributed by atoms with Crippen LogP contribution < -0.4 is 15.4 Å². The molecule has 1 amide bonds. The molecule has 0 atom stereocenters. The second kappa shape index (κ2) is 10.8. The van der Waals surface area contributed by atoms with Crippen molar-refractivity contribution in [3.8, 4) is 5.88 Å². The molecular formula is C21H20ClF6N5O3. The average molecular weight is 540 g/mol. The first-order valence-corrected chi connectivity index (χ1v) is 10.7. The molecule has 1 fully saturated rings. The third-order valence-corrected chi connectivity index (χ3v) is 5.19. The van der Waals surface area contributed by atoms with E-state index in [9.17, 15) is 31.1 Å². The zero-order valence-corrected chi connectivity index (χ0v) is 19.3. The van der Waals surface area contributed by atoms with Crippen molar-refractivity contribution in [3.63, 3.8) is 0 Å². The summed E-state index contributed by atoms with van der Waals surface area (Å²) in [6.07, 6.45) is -6.29. The topological polar surface area (TPSA) is 101 Å². The normalized spacial score (nSPS) is 14.5. The van der Waals surface area contributed by atoms with Crippen LogP contribution in [-0.4, -0.2) is 47.5 Å². The van der Waals surface area contributed by atoms with Gasteiger partial charge < -0.3 is 20.8 Å². The first-order chi connectivity index (χ1) is 16.8. The van der Waals surface area contributed by atoms with Gasteiger partial charge >= 0.3 is 12.5 Å². The lowest BCUT2D eigenvalue weighted by atomic mass is 10.0. The number of aryl methyl sites for hydroxylation is 1. The van der Waals surface area contributed by atoms with Crippen LogP contribution in [0.3, 0.4) is 0 Å². The lowest BCUT2D eigenvalue weighted by Gasteiger charge is -2.12. The molecule has 3 rings (SSSR count). The van der Waals surface area contributed by atoms with Gasteiger partial charge in [0.1, 0.15) is 12.4 Å². The molecule has 0 saturated heterocycles. The van der Waals surface area contributed by atoms with Gasteiger partial charge in [-0.1, -0.05) is 17.7 Å². The van der Waals surface area contributed by atoms with Crippen LogP contribution in [-0.2, 0) is 18.0 Å². The van der Waals surface area contributed by atoms with Crippen LogP contribution in [0.25, 0.3) is 5.57 Å². The lowest BCUT2D eigenvalue weighted by Crippen LogP contribution is -2.25. The van der Waals surface area contributed by atoms with Crippen LogP contribution in [0.5, 0.6) is 5.88 Å². The highest BCUT2D eigenvalue weighted by molar-refractivity contribution is 6.34. The highest BCUT2D eigenvalue weighted by atomic mass is 35.5. The van der Waals surface area contributed by atoms with Gasteiger partial charge in [0.25, 0.3) is 5.91 Å². The summed E-state index contributed by atoms with van der Waals surface area (Å²) in [4.78, 5) is 12.4. The molecule has 1 saturated carbocycles. The van der Waals surface area contributed by atoms with Crippen molar-refractivity contribution in [3.05, 3.63) is 46.1 Å². The monoisotopic (exact) mass is 539 g/mol. The molecule has 0 radical (unpaired) electrons. The van der Waals surface area contributed by atoms with Crippen molar-refractivity contribution in [2.75, 3.05) is 18.5 Å². The van der Waals surface area contributed by atoms with Crippen molar-refractivity contribution in [2.24, 2.45) is 7.05 Å². The number of rotatable bonds is 10. The number of alkyl halides is 6. The largest absolute Gasteiger partial charge is 0.522 e. The van der Waals surface area contributed by atoms with E-state index in [1.165, 1.54) is 18.2 Å². The zero-order valence-electron chi connectivity index (χ0n) is 18.6. The Hall–Kier alpha value is -3.26. The minimum Gasteiger partial charge on any atom is -0.474 e. The number of anilines is 1. The van der Waals surface area contributed by atoms with Crippen molar-refractivity contribution < 1.29 is 40.6 Å². The van der Waals surface area contributed by atoms with E-state index in [2.05, 4.69) is 20.5 Å². The molecule has 1 aromatic carbocycles. The molecule has 15 heteroatoms. The summed E-state index contributed by atoms with van der Waals surface area (Å²) in [5.74, 6) is -1.95. The second-order valence-corrected chi connectivity index (χ2v) is 8.03. The van der Waals surface area contributed by atoms with Crippen molar-refractivity contribution >= 4 is 35.1 Å². The highest BCUT2D eigenvalue weighted by Gasteiger charge is 2.41. The predicted octanol–water partition coefficient (Wildman–Crippen LogP) is 5.00. The van der Waals surface area contributed by atoms with E-state index >= 15 is 0 Å². The molecule has 36 heavy (non-hydrogen) atoms. The summed E-state index contributed by atoms with van der Waals surface area (Å²) in [6, 6.07) is 4.38. The SMILES string of the molecule is Cn1nc(OCCOC(F)(F)F)c(C(F)(F)F)c1N/C=C(\C=N)c1ccc(Cl)c(C(=O)NC2CC2)c1. The Morgan fingerprint density at radius 2 is 1.94 bits per heavy atom. The molecule has 0 unspecified atom stereocenters. The molecule has 2 aromatic rings. The number of benzene rings is 1. The molecule has 0 aliphatic heterocycles. The molecule has 1 heterocycles. The molecule has 1 aromatic heterocycles. The van der Waals surface area contributed by atoms with Crippen LogP contribution in [0, 0.1) is 5.41 Å². The fraction of sp³-hybridized carbons (Fsp3) is 0.381. The fourth-order valence-electron chi connectivity index (χ4n) is 3.04. The average Bonchev–Trinajstić information content (AvgIpc) is 3.52. The molecular weight excluding hydrogens is 520 g/mol. The number of carbonyl (C=O) groups excluding carboxylic acids is 1. The van der Waals surface area contributed by atoms with Gasteiger partial charge in [-0.2, -0.15) is 13.2 Å². The maximum Gasteiger partial charge on any atom is 0.522 e. The summed E-state index contributed by atoms with van der Waals surface area (Å²) < 4.78 is 86.5. The summed E-state index contributed by atoms with van der Waals surface area (Å²) >= 11 is 6.11. The fourth-order valence-corrected chi connectivity index (χ4v) is 3.24. The number of aromatic nitrogens is 2. The minimum atomic E-state index is -4.98. The number of nitrogens with zero attached hydrogens (tertiary/aromatic N) is 2. The maximum absolute atomic E-state index is 13.7. The number of hydrogen-bond donors (Lipinski definition) is 3. The van der Waals surface area contributed by atoms with Crippen LogP contribution in [0.4, 0.5) is 32.2 Å². The summed E-state index contributed by atoms with van der Waals surface area (Å²) in [6.45, 7) is -1.87. The van der Waals surface area contributed by atoms with Gasteiger partial charge in [-0.15, -0.1) is 18.3 Å². The van der Waals surface area contributed by atoms with E-state index in [1.807, 2.05) is 0 Å². The van der Waals surface area contributed by atoms with Gasteiger partial charge in [-0.05, 0) is 30.5 Å². The van der Waals surface area contributed by atoms with Crippen LogP contribution >= 0.6 is 11.6 Å². The standard InChI is InChI=1S/C21H20ClF6N5O3/c1-33-17(16(20(23,24)25)19(32-33)35-6-7-36-21(26,27)28)30-10-12(9-29)11-2-5-15(22)14(8-11)18(34)31-13-3-4-13/h2,5,8-10,13,29-30H,3-4,6-7H2,1H3,(H,31,34)/b12-10+,29-9?. The number of amides is 1. The Morgan fingerprint density at radius 1 is 1.25 bits per heavy atom. The highest BCUT2D eigenvalue weighted by Crippen LogP contribution is 2.41. The van der Waals surface area contributed by atoms with Crippen LogP contribution in [0.2, 0.25) is 5.02 Å². The number of halogens is 7. The minimum absolute atomic E-state index is 0.0682. The van der Waals surface area contributed by atoms with Gasteiger partial charge in [0.05, 0.1) is 17.2 Å². The van der Waals surface area contributed by atoms with E-state index in [0.717, 1.165) is 37.0 Å². The Balaban J connectivity index is 1.84. The van der Waals surface area contributed by atoms with Gasteiger partial charge in [0.2, 0.25) is 5.88 Å². The van der Waals surface area contributed by atoms with E-state index < -0.39 is 48.9 Å². The summed E-state index contributed by atoms with van der Waals surface area (Å²) in [5.41, 5.74) is -0.804. The van der Waals surface area contributed by atoms with E-state index in [0.29, 0.717) is 5.56 Å². The quantitative estimate of drug-likeness (QED) is 0.224. The van der Waals surface area contributed by atoms with Crippen LogP contribution in [0.15, 0.2) is 24.4 Å². The Labute approximate surface area is 205 Å². The second-order valence-electron chi connectivity index (χ2n) is 7.62. The van der Waals surface area contributed by atoms with Crippen molar-refractivity contribution in [1.29, 1.82) is 5.41 Å². The summed E-state index contributed by atoms with van der Waals surface area (Å²) in [7, 11) is 1.16. The first kappa shape index (κ1) is 27.3. The van der Waals surface area contributed by atoms with Gasteiger partial charge in [0.15, 0.2) is 5.56 Å². The van der Waals surface area contributed by atoms with Gasteiger partial charge in [-0.25, -0.2) is 4.68 Å². The van der Waals surface area contributed by atoms with Crippen molar-refractivity contribution in [2.45, 2.75) is 31.4 Å². The van der Waals surface area contributed by atoms with E-state index in [-0.39, 0.29) is 22.2 Å². The molecule has 8 nitrogen and oxygen atoms in total. The Morgan fingerprint density at radius 3 is 2.53 bits per heavy atom. The molecule has 3 N–H and O–H groups in total. The number of nitrogens with one attached hydrogen (secondary N) is 3. The molecule has 1 aliphatic carbocycles. The smallest absolute Gasteiger partial charge is 0.474 e. The summed E-state index contributed by atoms with van der Waals surface area (Å²) in [5, 5.41) is 16.6. The zero-order chi connectivity index (χ0) is 26.7. The predicted molar refractivity (Wildman–Crippen MR) is 118 cm³/mol. The third kappa shape index (κ3) is 7.13. The van der Waals surface area contributed by atoms with Crippen molar-refractivity contribution in [1.82, 2.24) is 15.1 Å². The maximum atomic E-state index is 13.7. The molecule has 1 aliphatic rings. The van der Waals surface area contributed by atoms with Crippen LogP contribution in [0.1, 0.15) is 34.3 Å². The van der Waals surface area contributed by atoms with E-state index in [1.54, 1.807) is 0 Å². The number of allylic oxidation sites excluding steroid dienone is 1. The third-order valence-electron chi connectivity index (χ3n) is 4.86. The number of ether oxygens (including phenoxy) is 2. The lowest BCUT2D eigenvalue weighted by molar-refractivity contribution is -0.325.